The number of hydrogen-bond donors (Lipinski definition) is 1. The number of nitrogens with one attached hydrogen (secondary N) is 1. The largest absolute Gasteiger partial charge is 0.306 e. The molecule has 110 valence electrons. The first-order valence-electron chi connectivity index (χ1n) is 7.24. The van der Waals surface area contributed by atoms with Gasteiger partial charge in [-0.05, 0) is 49.2 Å². The van der Waals surface area contributed by atoms with Crippen molar-refractivity contribution in [3.8, 4) is 0 Å². The molecule has 3 aromatic rings. The quantitative estimate of drug-likeness (QED) is 0.788. The molecule has 0 amide bonds. The molecule has 3 rings (SSSR count). The molecule has 0 spiro atoms. The minimum atomic E-state index is 0.115. The number of hydrogen-bond acceptors (Lipinski definition) is 3. The van der Waals surface area contributed by atoms with Crippen molar-refractivity contribution in [1.82, 2.24) is 15.1 Å². The highest BCUT2D eigenvalue weighted by Crippen LogP contribution is 2.26. The first kappa shape index (κ1) is 14.3. The van der Waals surface area contributed by atoms with E-state index >= 15 is 0 Å². The van der Waals surface area contributed by atoms with E-state index in [0.717, 1.165) is 13.1 Å². The summed E-state index contributed by atoms with van der Waals surface area (Å²) in [4.78, 5) is 0. The molecule has 0 atom stereocenters. The van der Waals surface area contributed by atoms with E-state index in [-0.39, 0.29) is 5.54 Å². The Bertz CT molecular complexity index is 734. The van der Waals surface area contributed by atoms with Crippen LogP contribution in [0, 0.1) is 0 Å². The van der Waals surface area contributed by atoms with Crippen LogP contribution in [-0.4, -0.2) is 15.3 Å². The van der Waals surface area contributed by atoms with E-state index in [1.807, 2.05) is 6.20 Å². The summed E-state index contributed by atoms with van der Waals surface area (Å²) >= 11 is 1.80. The smallest absolute Gasteiger partial charge is 0.0677 e. The summed E-state index contributed by atoms with van der Waals surface area (Å²) < 4.78 is 3.43. The molecule has 1 aromatic carbocycles. The fraction of sp³-hybridized carbons (Fsp3) is 0.353. The number of thiophene rings is 1. The van der Waals surface area contributed by atoms with Gasteiger partial charge in [-0.1, -0.05) is 18.2 Å². The van der Waals surface area contributed by atoms with Gasteiger partial charge in [0.2, 0.25) is 0 Å². The van der Waals surface area contributed by atoms with Crippen LogP contribution in [0.25, 0.3) is 10.1 Å². The van der Waals surface area contributed by atoms with Gasteiger partial charge in [0.15, 0.2) is 0 Å². The second-order valence-corrected chi connectivity index (χ2v) is 7.25. The maximum Gasteiger partial charge on any atom is 0.0677 e. The maximum atomic E-state index is 4.48. The van der Waals surface area contributed by atoms with Gasteiger partial charge >= 0.3 is 0 Å². The van der Waals surface area contributed by atoms with E-state index in [4.69, 9.17) is 0 Å². The Labute approximate surface area is 129 Å². The molecule has 0 radical (unpaired) electrons. The first-order valence-corrected chi connectivity index (χ1v) is 8.12. The summed E-state index contributed by atoms with van der Waals surface area (Å²) in [5.41, 5.74) is 2.68. The predicted octanol–water partition coefficient (Wildman–Crippen LogP) is 4.03. The van der Waals surface area contributed by atoms with E-state index in [0.29, 0.717) is 0 Å². The topological polar surface area (TPSA) is 29.9 Å². The minimum absolute atomic E-state index is 0.115. The second-order valence-electron chi connectivity index (χ2n) is 6.34. The summed E-state index contributed by atoms with van der Waals surface area (Å²) in [5.74, 6) is 0. The monoisotopic (exact) mass is 299 g/mol. The normalized spacial score (nSPS) is 12.1. The molecule has 1 N–H and O–H groups in total. The molecule has 0 aliphatic heterocycles. The lowest BCUT2D eigenvalue weighted by Gasteiger charge is -2.20. The lowest BCUT2D eigenvalue weighted by atomic mass is 10.1. The minimum Gasteiger partial charge on any atom is -0.306 e. The van der Waals surface area contributed by atoms with Gasteiger partial charge in [0.25, 0.3) is 0 Å². The molecule has 0 saturated carbocycles. The molecular formula is C17H21N3S. The third-order valence-electron chi connectivity index (χ3n) is 3.49. The molecule has 4 heteroatoms. The molecule has 2 heterocycles. The zero-order valence-electron chi connectivity index (χ0n) is 12.8. The van der Waals surface area contributed by atoms with Gasteiger partial charge in [-0.3, -0.25) is 4.68 Å². The molecule has 3 nitrogen and oxygen atoms in total. The molecule has 0 aliphatic rings. The van der Waals surface area contributed by atoms with Crippen molar-refractivity contribution in [2.75, 3.05) is 0 Å². The third-order valence-corrected chi connectivity index (χ3v) is 4.50. The van der Waals surface area contributed by atoms with E-state index in [9.17, 15) is 0 Å². The zero-order chi connectivity index (χ0) is 14.9. The van der Waals surface area contributed by atoms with Crippen molar-refractivity contribution in [1.29, 1.82) is 0 Å². The number of aromatic nitrogens is 2. The number of rotatable bonds is 4. The van der Waals surface area contributed by atoms with E-state index in [2.05, 4.69) is 71.6 Å². The van der Waals surface area contributed by atoms with Crippen LogP contribution >= 0.6 is 11.3 Å². The van der Waals surface area contributed by atoms with Gasteiger partial charge in [0.1, 0.15) is 0 Å². The molecule has 0 saturated heterocycles. The number of benzene rings is 1. The van der Waals surface area contributed by atoms with Crippen molar-refractivity contribution in [2.45, 2.75) is 39.4 Å². The Morgan fingerprint density at radius 3 is 2.81 bits per heavy atom. The standard InChI is InChI=1S/C17H21N3S/c1-17(2,3)18-10-14-8-9-19-20(14)11-13-12-21-16-7-5-4-6-15(13)16/h4-9,12,18H,10-11H2,1-3H3. The van der Waals surface area contributed by atoms with Crippen molar-refractivity contribution in [3.05, 3.63) is 53.2 Å². The van der Waals surface area contributed by atoms with Crippen LogP contribution in [-0.2, 0) is 13.1 Å². The summed E-state index contributed by atoms with van der Waals surface area (Å²) in [6, 6.07) is 10.7. The lowest BCUT2D eigenvalue weighted by Crippen LogP contribution is -2.35. The van der Waals surface area contributed by atoms with E-state index in [1.165, 1.54) is 21.3 Å². The molecule has 0 aliphatic carbocycles. The number of nitrogens with zero attached hydrogens (tertiary/aromatic N) is 2. The Hall–Kier alpha value is -1.65. The Kier molecular flexibility index (Phi) is 3.83. The summed E-state index contributed by atoms with van der Waals surface area (Å²) in [6.07, 6.45) is 1.88. The van der Waals surface area contributed by atoms with Gasteiger partial charge in [0.05, 0.1) is 12.2 Å². The Morgan fingerprint density at radius 1 is 1.19 bits per heavy atom. The average molecular weight is 299 g/mol. The van der Waals surface area contributed by atoms with Crippen molar-refractivity contribution in [3.63, 3.8) is 0 Å². The molecule has 2 aromatic heterocycles. The Morgan fingerprint density at radius 2 is 2.00 bits per heavy atom. The van der Waals surface area contributed by atoms with Crippen LogP contribution in [0.15, 0.2) is 41.9 Å². The van der Waals surface area contributed by atoms with Gasteiger partial charge < -0.3 is 5.32 Å². The van der Waals surface area contributed by atoms with Crippen LogP contribution in [0.2, 0.25) is 0 Å². The third kappa shape index (κ3) is 3.34. The maximum absolute atomic E-state index is 4.48. The van der Waals surface area contributed by atoms with E-state index < -0.39 is 0 Å². The second kappa shape index (κ2) is 5.62. The van der Waals surface area contributed by atoms with E-state index in [1.54, 1.807) is 11.3 Å². The van der Waals surface area contributed by atoms with Gasteiger partial charge in [-0.15, -0.1) is 11.3 Å². The lowest BCUT2D eigenvalue weighted by molar-refractivity contribution is 0.414. The van der Waals surface area contributed by atoms with Crippen LogP contribution in [0.1, 0.15) is 32.0 Å². The highest BCUT2D eigenvalue weighted by molar-refractivity contribution is 7.17. The number of fused-ring (bicyclic) bond motifs is 1. The van der Waals surface area contributed by atoms with Crippen LogP contribution in [0.5, 0.6) is 0 Å². The molecule has 21 heavy (non-hydrogen) atoms. The van der Waals surface area contributed by atoms with Gasteiger partial charge in [-0.25, -0.2) is 0 Å². The van der Waals surface area contributed by atoms with Gasteiger partial charge in [0, 0.05) is 23.0 Å². The van der Waals surface area contributed by atoms with Crippen LogP contribution in [0.4, 0.5) is 0 Å². The highest BCUT2D eigenvalue weighted by atomic mass is 32.1. The Balaban J connectivity index is 1.81. The summed E-state index contributed by atoms with van der Waals surface area (Å²) in [5, 5.41) is 11.6. The molecule has 0 unspecified atom stereocenters. The summed E-state index contributed by atoms with van der Waals surface area (Å²) in [6.45, 7) is 8.21. The van der Waals surface area contributed by atoms with Crippen molar-refractivity contribution in [2.24, 2.45) is 0 Å². The first-order chi connectivity index (χ1) is 10.0. The SMILES string of the molecule is CC(C)(C)NCc1ccnn1Cc1csc2ccccc12. The predicted molar refractivity (Wildman–Crippen MR) is 89.7 cm³/mol. The molecule has 0 fully saturated rings. The van der Waals surface area contributed by atoms with Crippen molar-refractivity contribution < 1.29 is 0 Å². The summed E-state index contributed by atoms with van der Waals surface area (Å²) in [7, 11) is 0. The average Bonchev–Trinajstić information content (AvgIpc) is 3.04. The van der Waals surface area contributed by atoms with Gasteiger partial charge in [-0.2, -0.15) is 5.10 Å². The molecular weight excluding hydrogens is 278 g/mol. The zero-order valence-corrected chi connectivity index (χ0v) is 13.6. The fourth-order valence-corrected chi connectivity index (χ4v) is 3.28. The molecule has 0 bridgehead atoms. The van der Waals surface area contributed by atoms with Crippen LogP contribution in [0.3, 0.4) is 0 Å². The van der Waals surface area contributed by atoms with Crippen LogP contribution < -0.4 is 5.32 Å². The fourth-order valence-electron chi connectivity index (χ4n) is 2.32. The van der Waals surface area contributed by atoms with Crippen molar-refractivity contribution >= 4 is 21.4 Å². The highest BCUT2D eigenvalue weighted by Gasteiger charge is 2.12.